The Kier molecular flexibility index (Phi) is 3.69. The number of halogens is 3. The number of phenols is 1. The molecule has 1 unspecified atom stereocenters. The molecule has 1 aliphatic rings. The Morgan fingerprint density at radius 1 is 1.33 bits per heavy atom. The number of alkyl halides is 3. The van der Waals surface area contributed by atoms with Crippen molar-refractivity contribution >= 4 is 11.8 Å². The van der Waals surface area contributed by atoms with Gasteiger partial charge < -0.3 is 10.2 Å². The summed E-state index contributed by atoms with van der Waals surface area (Å²) < 4.78 is 38.3. The maximum atomic E-state index is 12.8. The SMILES string of the molecule is O=C(O)CC1(CC(F)(F)F)CCc2cc(O)ccc2C1=O. The minimum atomic E-state index is -4.63. The smallest absolute Gasteiger partial charge is 0.390 e. The van der Waals surface area contributed by atoms with Crippen LogP contribution in [0, 0.1) is 5.41 Å². The zero-order valence-electron chi connectivity index (χ0n) is 10.9. The molecule has 1 aromatic rings. The highest BCUT2D eigenvalue weighted by atomic mass is 19.4. The minimum Gasteiger partial charge on any atom is -0.508 e. The summed E-state index contributed by atoms with van der Waals surface area (Å²) in [6.45, 7) is 0. The van der Waals surface area contributed by atoms with Crippen molar-refractivity contribution < 1.29 is 33.0 Å². The van der Waals surface area contributed by atoms with Gasteiger partial charge in [-0.25, -0.2) is 0 Å². The van der Waals surface area contributed by atoms with E-state index in [2.05, 4.69) is 0 Å². The second-order valence-corrected chi connectivity index (χ2v) is 5.31. The zero-order chi connectivity index (χ0) is 15.8. The quantitative estimate of drug-likeness (QED) is 0.900. The van der Waals surface area contributed by atoms with E-state index in [4.69, 9.17) is 5.11 Å². The Morgan fingerprint density at radius 2 is 2.00 bits per heavy atom. The van der Waals surface area contributed by atoms with Gasteiger partial charge >= 0.3 is 12.1 Å². The number of carbonyl (C=O) groups excluding carboxylic acids is 1. The van der Waals surface area contributed by atoms with E-state index in [1.165, 1.54) is 18.2 Å². The van der Waals surface area contributed by atoms with Gasteiger partial charge in [0, 0.05) is 5.56 Å². The van der Waals surface area contributed by atoms with E-state index in [-0.39, 0.29) is 24.2 Å². The Bertz CT molecular complexity index is 594. The maximum Gasteiger partial charge on any atom is 0.390 e. The molecule has 0 heterocycles. The molecule has 21 heavy (non-hydrogen) atoms. The summed E-state index contributed by atoms with van der Waals surface area (Å²) >= 11 is 0. The van der Waals surface area contributed by atoms with Crippen LogP contribution >= 0.6 is 0 Å². The van der Waals surface area contributed by atoms with E-state index < -0.39 is 36.2 Å². The summed E-state index contributed by atoms with van der Waals surface area (Å²) in [5.74, 6) is -2.33. The standard InChI is InChI=1S/C14H13F3O4/c15-14(16,17)7-13(6-11(19)20)4-3-8-5-9(18)1-2-10(8)12(13)21/h1-2,5,18H,3-4,6-7H2,(H,19,20). The molecule has 0 amide bonds. The molecule has 4 nitrogen and oxygen atoms in total. The third kappa shape index (κ3) is 3.17. The van der Waals surface area contributed by atoms with Crippen molar-refractivity contribution in [2.75, 3.05) is 0 Å². The number of aliphatic carboxylic acids is 1. The van der Waals surface area contributed by atoms with Gasteiger partial charge in [-0.15, -0.1) is 0 Å². The number of phenolic OH excluding ortho intramolecular Hbond substituents is 1. The number of rotatable bonds is 3. The van der Waals surface area contributed by atoms with E-state index in [1.807, 2.05) is 0 Å². The maximum absolute atomic E-state index is 12.8. The molecule has 114 valence electrons. The monoisotopic (exact) mass is 302 g/mol. The number of aromatic hydroxyl groups is 1. The number of Topliss-reactive ketones (excluding diaryl/α,β-unsaturated/α-hetero) is 1. The number of aryl methyl sites for hydroxylation is 1. The fourth-order valence-electron chi connectivity index (χ4n) is 2.85. The van der Waals surface area contributed by atoms with Crippen LogP contribution in [0.25, 0.3) is 0 Å². The van der Waals surface area contributed by atoms with E-state index >= 15 is 0 Å². The van der Waals surface area contributed by atoms with Crippen LogP contribution < -0.4 is 0 Å². The predicted octanol–water partition coefficient (Wildman–Crippen LogP) is 2.93. The minimum absolute atomic E-state index is 0.0598. The molecule has 0 bridgehead atoms. The lowest BCUT2D eigenvalue weighted by atomic mass is 9.66. The third-order valence-electron chi connectivity index (χ3n) is 3.72. The third-order valence-corrected chi connectivity index (χ3v) is 3.72. The van der Waals surface area contributed by atoms with Gasteiger partial charge in [0.25, 0.3) is 0 Å². The van der Waals surface area contributed by atoms with Crippen molar-refractivity contribution in [1.29, 1.82) is 0 Å². The van der Waals surface area contributed by atoms with E-state index in [0.717, 1.165) is 0 Å². The van der Waals surface area contributed by atoms with Crippen LogP contribution in [0.3, 0.4) is 0 Å². The molecule has 2 rings (SSSR count). The summed E-state index contributed by atoms with van der Waals surface area (Å²) in [6.07, 6.45) is -7.01. The summed E-state index contributed by atoms with van der Waals surface area (Å²) in [5.41, 5.74) is -1.46. The number of carboxylic acid groups (broad SMARTS) is 1. The first-order valence-electron chi connectivity index (χ1n) is 6.28. The van der Waals surface area contributed by atoms with Crippen LogP contribution in [0.15, 0.2) is 18.2 Å². The highest BCUT2D eigenvalue weighted by molar-refractivity contribution is 6.04. The number of hydrogen-bond donors (Lipinski definition) is 2. The van der Waals surface area contributed by atoms with Crippen molar-refractivity contribution in [1.82, 2.24) is 0 Å². The number of carboxylic acids is 1. The fourth-order valence-corrected chi connectivity index (χ4v) is 2.85. The van der Waals surface area contributed by atoms with Crippen molar-refractivity contribution in [2.24, 2.45) is 5.41 Å². The second kappa shape index (κ2) is 5.05. The molecule has 0 aromatic heterocycles. The summed E-state index contributed by atoms with van der Waals surface area (Å²) in [6, 6.07) is 3.78. The van der Waals surface area contributed by atoms with Gasteiger partial charge in [0.15, 0.2) is 5.78 Å². The Hall–Kier alpha value is -2.05. The lowest BCUT2D eigenvalue weighted by Gasteiger charge is -2.36. The van der Waals surface area contributed by atoms with Gasteiger partial charge in [0.2, 0.25) is 0 Å². The Balaban J connectivity index is 2.45. The second-order valence-electron chi connectivity index (χ2n) is 5.31. The lowest BCUT2D eigenvalue weighted by Crippen LogP contribution is -2.41. The normalized spacial score (nSPS) is 22.0. The predicted molar refractivity (Wildman–Crippen MR) is 66.1 cm³/mol. The molecule has 1 aliphatic carbocycles. The number of hydrogen-bond acceptors (Lipinski definition) is 3. The van der Waals surface area contributed by atoms with Gasteiger partial charge in [-0.3, -0.25) is 9.59 Å². The van der Waals surface area contributed by atoms with E-state index in [1.54, 1.807) is 0 Å². The van der Waals surface area contributed by atoms with Crippen LogP contribution in [0.2, 0.25) is 0 Å². The highest BCUT2D eigenvalue weighted by Gasteiger charge is 2.50. The van der Waals surface area contributed by atoms with E-state index in [9.17, 15) is 27.9 Å². The molecule has 7 heteroatoms. The van der Waals surface area contributed by atoms with E-state index in [0.29, 0.717) is 5.56 Å². The van der Waals surface area contributed by atoms with Crippen LogP contribution in [-0.4, -0.2) is 28.1 Å². The first-order chi connectivity index (χ1) is 9.63. The molecule has 0 fully saturated rings. The number of benzene rings is 1. The van der Waals surface area contributed by atoms with Crippen LogP contribution in [0.5, 0.6) is 5.75 Å². The molecule has 0 saturated heterocycles. The molecule has 0 aliphatic heterocycles. The van der Waals surface area contributed by atoms with Gasteiger partial charge in [0.1, 0.15) is 5.75 Å². The molecule has 0 spiro atoms. The first kappa shape index (κ1) is 15.3. The highest BCUT2D eigenvalue weighted by Crippen LogP contribution is 2.46. The fraction of sp³-hybridized carbons (Fsp3) is 0.429. The average molecular weight is 302 g/mol. The van der Waals surface area contributed by atoms with Crippen LogP contribution in [-0.2, 0) is 11.2 Å². The van der Waals surface area contributed by atoms with Gasteiger partial charge in [-0.2, -0.15) is 13.2 Å². The average Bonchev–Trinajstić information content (AvgIpc) is 2.31. The molecule has 0 saturated carbocycles. The van der Waals surface area contributed by atoms with Crippen molar-refractivity contribution in [3.63, 3.8) is 0 Å². The molecular weight excluding hydrogens is 289 g/mol. The summed E-state index contributed by atoms with van der Waals surface area (Å²) in [7, 11) is 0. The van der Waals surface area contributed by atoms with Gasteiger partial charge in [-0.1, -0.05) is 0 Å². The summed E-state index contributed by atoms with van der Waals surface area (Å²) in [5, 5.41) is 18.2. The zero-order valence-corrected chi connectivity index (χ0v) is 10.9. The Labute approximate surface area is 118 Å². The first-order valence-corrected chi connectivity index (χ1v) is 6.28. The number of fused-ring (bicyclic) bond motifs is 1. The molecule has 0 radical (unpaired) electrons. The lowest BCUT2D eigenvalue weighted by molar-refractivity contribution is -0.160. The topological polar surface area (TPSA) is 74.6 Å². The number of ketones is 1. The van der Waals surface area contributed by atoms with Crippen molar-refractivity contribution in [2.45, 2.75) is 31.9 Å². The van der Waals surface area contributed by atoms with Crippen LogP contribution in [0.1, 0.15) is 35.2 Å². The van der Waals surface area contributed by atoms with Crippen molar-refractivity contribution in [3.8, 4) is 5.75 Å². The molecule has 2 N–H and O–H groups in total. The van der Waals surface area contributed by atoms with Gasteiger partial charge in [0.05, 0.1) is 18.3 Å². The molecular formula is C14H13F3O4. The molecule has 1 aromatic carbocycles. The largest absolute Gasteiger partial charge is 0.508 e. The number of carbonyl (C=O) groups is 2. The summed E-state index contributed by atoms with van der Waals surface area (Å²) in [4.78, 5) is 23.3. The van der Waals surface area contributed by atoms with Crippen LogP contribution in [0.4, 0.5) is 13.2 Å². The molecule has 1 atom stereocenters. The van der Waals surface area contributed by atoms with Gasteiger partial charge in [-0.05, 0) is 36.6 Å². The van der Waals surface area contributed by atoms with Crippen molar-refractivity contribution in [3.05, 3.63) is 29.3 Å². The Morgan fingerprint density at radius 3 is 2.57 bits per heavy atom.